The number of hydrogen-bond donors (Lipinski definition) is 1. The molecule has 0 aliphatic rings. The molecule has 1 aromatic carbocycles. The number of aryl methyl sites for hydroxylation is 2. The molecule has 7 heteroatoms. The number of carbonyl (C=O) groups excluding carboxylic acids is 1. The Hall–Kier alpha value is -1.11. The molecule has 112 valence electrons. The Morgan fingerprint density at radius 3 is 2.30 bits per heavy atom. The molecule has 0 saturated heterocycles. The van der Waals surface area contributed by atoms with Crippen LogP contribution in [-0.2, 0) is 18.6 Å². The number of rotatable bonds is 6. The van der Waals surface area contributed by atoms with Gasteiger partial charge < -0.3 is 10.1 Å². The van der Waals surface area contributed by atoms with E-state index in [0.29, 0.717) is 23.4 Å². The van der Waals surface area contributed by atoms with Gasteiger partial charge in [-0.15, -0.1) is 0 Å². The van der Waals surface area contributed by atoms with Crippen molar-refractivity contribution in [2.45, 2.75) is 32.1 Å². The lowest BCUT2D eigenvalue weighted by Gasteiger charge is -2.13. The number of halogens is 1. The Balaban J connectivity index is 2.90. The van der Waals surface area contributed by atoms with Crippen LogP contribution in [0, 0.1) is 13.8 Å². The monoisotopic (exact) mass is 319 g/mol. The summed E-state index contributed by atoms with van der Waals surface area (Å²) >= 11 is 0. The van der Waals surface area contributed by atoms with Gasteiger partial charge in [0.2, 0.25) is 5.91 Å². The van der Waals surface area contributed by atoms with Gasteiger partial charge in [0.05, 0.1) is 4.90 Å². The third-order valence-electron chi connectivity index (χ3n) is 2.63. The molecule has 1 aromatic rings. The van der Waals surface area contributed by atoms with Gasteiger partial charge in [-0.3, -0.25) is 4.79 Å². The fourth-order valence-electron chi connectivity index (χ4n) is 1.75. The maximum absolute atomic E-state index is 11.7. The van der Waals surface area contributed by atoms with Crippen LogP contribution >= 0.6 is 10.7 Å². The summed E-state index contributed by atoms with van der Waals surface area (Å²) in [5, 5.41) is 2.71. The smallest absolute Gasteiger partial charge is 0.261 e. The largest absolute Gasteiger partial charge is 0.372 e. The van der Waals surface area contributed by atoms with Crippen molar-refractivity contribution in [3.8, 4) is 0 Å². The summed E-state index contributed by atoms with van der Waals surface area (Å²) in [5.74, 6) is -0.272. The van der Waals surface area contributed by atoms with Gasteiger partial charge in [-0.1, -0.05) is 6.92 Å². The highest BCUT2D eigenvalue weighted by atomic mass is 35.7. The van der Waals surface area contributed by atoms with Crippen LogP contribution in [0.5, 0.6) is 0 Å². The molecule has 0 saturated carbocycles. The second kappa shape index (κ2) is 7.06. The molecule has 1 N–H and O–H groups in total. The predicted octanol–water partition coefficient (Wildman–Crippen LogP) is 2.60. The number of hydrogen-bond acceptors (Lipinski definition) is 4. The van der Waals surface area contributed by atoms with Gasteiger partial charge in [0.25, 0.3) is 9.05 Å². The van der Waals surface area contributed by atoms with Crippen LogP contribution in [0.1, 0.15) is 24.5 Å². The summed E-state index contributed by atoms with van der Waals surface area (Å²) in [7, 11) is 1.53. The summed E-state index contributed by atoms with van der Waals surface area (Å²) < 4.78 is 27.8. The molecule has 0 bridgehead atoms. The van der Waals surface area contributed by atoms with Crippen molar-refractivity contribution in [1.29, 1.82) is 0 Å². The zero-order valence-electron chi connectivity index (χ0n) is 11.7. The Kier molecular flexibility index (Phi) is 5.98. The fourth-order valence-corrected chi connectivity index (χ4v) is 2.65. The summed E-state index contributed by atoms with van der Waals surface area (Å²) in [6.45, 7) is 5.87. The van der Waals surface area contributed by atoms with Gasteiger partial charge in [-0.25, -0.2) is 8.42 Å². The van der Waals surface area contributed by atoms with Gasteiger partial charge in [0, 0.05) is 23.0 Å². The highest BCUT2D eigenvalue weighted by molar-refractivity contribution is 8.13. The van der Waals surface area contributed by atoms with Crippen LogP contribution in [-0.4, -0.2) is 27.5 Å². The Morgan fingerprint density at radius 2 is 1.85 bits per heavy atom. The van der Waals surface area contributed by atoms with E-state index in [4.69, 9.17) is 15.4 Å². The summed E-state index contributed by atoms with van der Waals surface area (Å²) in [6, 6.07) is 2.86. The first-order chi connectivity index (χ1) is 9.25. The highest BCUT2D eigenvalue weighted by Gasteiger charge is 2.15. The quantitative estimate of drug-likeness (QED) is 0.646. The Labute approximate surface area is 123 Å². The topological polar surface area (TPSA) is 72.5 Å². The lowest BCUT2D eigenvalue weighted by molar-refractivity contribution is -0.120. The van der Waals surface area contributed by atoms with Crippen LogP contribution in [0.25, 0.3) is 0 Å². The average Bonchev–Trinajstić information content (AvgIpc) is 2.32. The van der Waals surface area contributed by atoms with E-state index in [2.05, 4.69) is 5.32 Å². The lowest BCUT2D eigenvalue weighted by Crippen LogP contribution is -2.20. The van der Waals surface area contributed by atoms with Crippen molar-refractivity contribution in [2.75, 3.05) is 18.5 Å². The molecule has 20 heavy (non-hydrogen) atoms. The van der Waals surface area contributed by atoms with Crippen LogP contribution in [0.3, 0.4) is 0 Å². The number of ether oxygens (including phenoxy) is 1. The van der Waals surface area contributed by atoms with Crippen LogP contribution in [0.15, 0.2) is 17.0 Å². The minimum absolute atomic E-state index is 0.0226. The number of anilines is 1. The third-order valence-corrected chi connectivity index (χ3v) is 3.97. The second-order valence-electron chi connectivity index (χ2n) is 4.47. The molecule has 0 fully saturated rings. The summed E-state index contributed by atoms with van der Waals surface area (Å²) in [5.41, 5.74) is 1.85. The zero-order valence-corrected chi connectivity index (χ0v) is 13.3. The lowest BCUT2D eigenvalue weighted by atomic mass is 10.1. The van der Waals surface area contributed by atoms with E-state index in [9.17, 15) is 13.2 Å². The van der Waals surface area contributed by atoms with Gasteiger partial charge in [0.15, 0.2) is 0 Å². The molecular weight excluding hydrogens is 302 g/mol. The van der Waals surface area contributed by atoms with Crippen LogP contribution in [0.4, 0.5) is 5.69 Å². The molecule has 5 nitrogen and oxygen atoms in total. The third kappa shape index (κ3) is 4.77. The maximum atomic E-state index is 11.7. The van der Waals surface area contributed by atoms with E-state index in [1.807, 2.05) is 6.92 Å². The van der Waals surface area contributed by atoms with Crippen molar-refractivity contribution in [3.63, 3.8) is 0 Å². The zero-order chi connectivity index (χ0) is 15.3. The number of benzene rings is 1. The average molecular weight is 320 g/mol. The second-order valence-corrected chi connectivity index (χ2v) is 7.04. The first-order valence-electron chi connectivity index (χ1n) is 6.19. The van der Waals surface area contributed by atoms with Gasteiger partial charge in [-0.2, -0.15) is 0 Å². The Bertz CT molecular complexity index is 575. The molecule has 0 aliphatic heterocycles. The van der Waals surface area contributed by atoms with E-state index >= 15 is 0 Å². The minimum atomic E-state index is -3.78. The molecule has 0 radical (unpaired) electrons. The minimum Gasteiger partial charge on any atom is -0.372 e. The molecule has 0 unspecified atom stereocenters. The maximum Gasteiger partial charge on any atom is 0.261 e. The molecule has 1 amide bonds. The number of nitrogens with one attached hydrogen (secondary N) is 1. The van der Waals surface area contributed by atoms with Crippen LogP contribution in [0.2, 0.25) is 0 Å². The standard InChI is InChI=1S/C13H18ClNO4S/c1-4-5-19-8-12(16)15-13-9(2)6-11(7-10(13)3)20(14,17)18/h6-7H,4-5,8H2,1-3H3,(H,15,16). The molecule has 0 aliphatic carbocycles. The SMILES string of the molecule is CCCOCC(=O)Nc1c(C)cc(S(=O)(=O)Cl)cc1C. The van der Waals surface area contributed by atoms with Crippen LogP contribution < -0.4 is 5.32 Å². The molecule has 0 atom stereocenters. The first kappa shape index (κ1) is 16.9. The molecular formula is C13H18ClNO4S. The summed E-state index contributed by atoms with van der Waals surface area (Å²) in [4.78, 5) is 11.7. The van der Waals surface area contributed by atoms with Gasteiger partial charge in [0.1, 0.15) is 6.61 Å². The fraction of sp³-hybridized carbons (Fsp3) is 0.462. The molecule has 0 spiro atoms. The molecule has 0 aromatic heterocycles. The van der Waals surface area contributed by atoms with Crippen molar-refractivity contribution in [2.24, 2.45) is 0 Å². The normalized spacial score (nSPS) is 11.4. The predicted molar refractivity (Wildman–Crippen MR) is 78.7 cm³/mol. The number of carbonyl (C=O) groups is 1. The highest BCUT2D eigenvalue weighted by Crippen LogP contribution is 2.26. The Morgan fingerprint density at radius 1 is 1.30 bits per heavy atom. The first-order valence-corrected chi connectivity index (χ1v) is 8.50. The van der Waals surface area contributed by atoms with E-state index in [1.165, 1.54) is 12.1 Å². The molecule has 0 heterocycles. The van der Waals surface area contributed by atoms with E-state index in [0.717, 1.165) is 6.42 Å². The van der Waals surface area contributed by atoms with Gasteiger partial charge in [-0.05, 0) is 43.5 Å². The van der Waals surface area contributed by atoms with E-state index in [-0.39, 0.29) is 17.4 Å². The van der Waals surface area contributed by atoms with E-state index in [1.54, 1.807) is 13.8 Å². The van der Waals surface area contributed by atoms with Crippen molar-refractivity contribution in [3.05, 3.63) is 23.3 Å². The number of amides is 1. The molecule has 1 rings (SSSR count). The van der Waals surface area contributed by atoms with Gasteiger partial charge >= 0.3 is 0 Å². The van der Waals surface area contributed by atoms with Crippen molar-refractivity contribution < 1.29 is 17.9 Å². The summed E-state index contributed by atoms with van der Waals surface area (Å²) in [6.07, 6.45) is 0.841. The van der Waals surface area contributed by atoms with E-state index < -0.39 is 9.05 Å². The van der Waals surface area contributed by atoms with Crippen molar-refractivity contribution >= 4 is 31.3 Å². The van der Waals surface area contributed by atoms with Crippen molar-refractivity contribution in [1.82, 2.24) is 0 Å².